The van der Waals surface area contributed by atoms with Crippen molar-refractivity contribution in [1.29, 1.82) is 0 Å². The van der Waals surface area contributed by atoms with Crippen LogP contribution in [-0.4, -0.2) is 7.05 Å². The van der Waals surface area contributed by atoms with Gasteiger partial charge in [0.25, 0.3) is 0 Å². The molecule has 1 N–H and O–H groups in total. The van der Waals surface area contributed by atoms with Crippen LogP contribution in [0.25, 0.3) is 0 Å². The van der Waals surface area contributed by atoms with Gasteiger partial charge in [0.1, 0.15) is 0 Å². The SMILES string of the molecule is CNC(c1cccc(C)c1)C1CCCCCCC1. The summed E-state index contributed by atoms with van der Waals surface area (Å²) in [6, 6.07) is 9.56. The lowest BCUT2D eigenvalue weighted by Crippen LogP contribution is -2.26. The summed E-state index contributed by atoms with van der Waals surface area (Å²) in [5.41, 5.74) is 2.85. The third kappa shape index (κ3) is 3.58. The molecular formula is C17H27N. The molecule has 0 radical (unpaired) electrons. The van der Waals surface area contributed by atoms with Gasteiger partial charge >= 0.3 is 0 Å². The van der Waals surface area contributed by atoms with Crippen molar-refractivity contribution in [3.63, 3.8) is 0 Å². The van der Waals surface area contributed by atoms with E-state index in [0.717, 1.165) is 5.92 Å². The Morgan fingerprint density at radius 3 is 2.33 bits per heavy atom. The molecule has 18 heavy (non-hydrogen) atoms. The minimum absolute atomic E-state index is 0.544. The van der Waals surface area contributed by atoms with Crippen molar-refractivity contribution in [3.8, 4) is 0 Å². The lowest BCUT2D eigenvalue weighted by Gasteiger charge is -2.29. The van der Waals surface area contributed by atoms with E-state index >= 15 is 0 Å². The van der Waals surface area contributed by atoms with E-state index in [4.69, 9.17) is 0 Å². The number of hydrogen-bond donors (Lipinski definition) is 1. The second kappa shape index (κ2) is 6.94. The standard InChI is InChI=1S/C17H27N/c1-14-9-8-12-16(13-14)17(18-2)15-10-6-4-3-5-7-11-15/h8-9,12-13,15,17-18H,3-7,10-11H2,1-2H3. The lowest BCUT2D eigenvalue weighted by molar-refractivity contribution is 0.299. The van der Waals surface area contributed by atoms with Crippen molar-refractivity contribution in [2.75, 3.05) is 7.05 Å². The summed E-state index contributed by atoms with van der Waals surface area (Å²) in [6.07, 6.45) is 9.91. The zero-order chi connectivity index (χ0) is 12.8. The highest BCUT2D eigenvalue weighted by Crippen LogP contribution is 2.32. The molecule has 1 fully saturated rings. The van der Waals surface area contributed by atoms with Crippen LogP contribution in [0.15, 0.2) is 24.3 Å². The molecule has 1 atom stereocenters. The van der Waals surface area contributed by atoms with E-state index in [9.17, 15) is 0 Å². The second-order valence-corrected chi connectivity index (χ2v) is 5.79. The van der Waals surface area contributed by atoms with Crippen molar-refractivity contribution in [1.82, 2.24) is 5.32 Å². The second-order valence-electron chi connectivity index (χ2n) is 5.79. The molecule has 1 aliphatic rings. The van der Waals surface area contributed by atoms with Crippen LogP contribution in [0.1, 0.15) is 62.1 Å². The number of nitrogens with one attached hydrogen (secondary N) is 1. The predicted molar refractivity (Wildman–Crippen MR) is 78.8 cm³/mol. The minimum Gasteiger partial charge on any atom is -0.313 e. The van der Waals surface area contributed by atoms with Gasteiger partial charge < -0.3 is 5.32 Å². The van der Waals surface area contributed by atoms with Crippen LogP contribution in [-0.2, 0) is 0 Å². The van der Waals surface area contributed by atoms with E-state index in [2.05, 4.69) is 43.6 Å². The van der Waals surface area contributed by atoms with Crippen LogP contribution >= 0.6 is 0 Å². The molecule has 2 rings (SSSR count). The Kier molecular flexibility index (Phi) is 5.25. The van der Waals surface area contributed by atoms with E-state index in [1.807, 2.05) is 0 Å². The molecule has 1 nitrogen and oxygen atoms in total. The van der Waals surface area contributed by atoms with Crippen molar-refractivity contribution < 1.29 is 0 Å². The normalized spacial score (nSPS) is 20.1. The molecule has 0 bridgehead atoms. The molecular weight excluding hydrogens is 218 g/mol. The van der Waals surface area contributed by atoms with Crippen LogP contribution in [0.3, 0.4) is 0 Å². The van der Waals surface area contributed by atoms with E-state index in [0.29, 0.717) is 6.04 Å². The van der Waals surface area contributed by atoms with Gasteiger partial charge in [-0.3, -0.25) is 0 Å². The smallest absolute Gasteiger partial charge is 0.0346 e. The molecule has 1 aliphatic carbocycles. The summed E-state index contributed by atoms with van der Waals surface area (Å²) in [5, 5.41) is 3.56. The molecule has 0 amide bonds. The van der Waals surface area contributed by atoms with Crippen LogP contribution in [0.4, 0.5) is 0 Å². The quantitative estimate of drug-likeness (QED) is 0.819. The van der Waals surface area contributed by atoms with Crippen molar-refractivity contribution in [2.45, 2.75) is 57.9 Å². The Morgan fingerprint density at radius 1 is 1.06 bits per heavy atom. The average molecular weight is 245 g/mol. The molecule has 1 aromatic rings. The first-order valence-electron chi connectivity index (χ1n) is 7.55. The van der Waals surface area contributed by atoms with Gasteiger partial charge in [-0.1, -0.05) is 61.9 Å². The average Bonchev–Trinajstić information content (AvgIpc) is 2.32. The Hall–Kier alpha value is -0.820. The lowest BCUT2D eigenvalue weighted by atomic mass is 9.82. The Balaban J connectivity index is 2.10. The minimum atomic E-state index is 0.544. The Bertz CT molecular complexity index is 350. The van der Waals surface area contributed by atoms with E-state index in [1.165, 1.54) is 56.1 Å². The molecule has 1 unspecified atom stereocenters. The van der Waals surface area contributed by atoms with Gasteiger partial charge in [-0.25, -0.2) is 0 Å². The first kappa shape index (κ1) is 13.6. The summed E-state index contributed by atoms with van der Waals surface area (Å²) in [4.78, 5) is 0. The van der Waals surface area contributed by atoms with Crippen molar-refractivity contribution >= 4 is 0 Å². The maximum absolute atomic E-state index is 3.56. The number of benzene rings is 1. The van der Waals surface area contributed by atoms with E-state index in [1.54, 1.807) is 0 Å². The first-order chi connectivity index (χ1) is 8.81. The maximum atomic E-state index is 3.56. The van der Waals surface area contributed by atoms with Crippen LogP contribution in [0, 0.1) is 12.8 Å². The van der Waals surface area contributed by atoms with Crippen LogP contribution < -0.4 is 5.32 Å². The Morgan fingerprint density at radius 2 is 1.72 bits per heavy atom. The molecule has 0 heterocycles. The molecule has 1 aromatic carbocycles. The largest absolute Gasteiger partial charge is 0.313 e. The zero-order valence-corrected chi connectivity index (χ0v) is 11.9. The van der Waals surface area contributed by atoms with Gasteiger partial charge in [-0.15, -0.1) is 0 Å². The summed E-state index contributed by atoms with van der Waals surface area (Å²) < 4.78 is 0. The highest BCUT2D eigenvalue weighted by molar-refractivity contribution is 5.25. The number of hydrogen-bond acceptors (Lipinski definition) is 1. The summed E-state index contributed by atoms with van der Waals surface area (Å²) in [5.74, 6) is 0.817. The molecule has 0 saturated heterocycles. The van der Waals surface area contributed by atoms with Gasteiger partial charge in [-0.2, -0.15) is 0 Å². The van der Waals surface area contributed by atoms with Crippen LogP contribution in [0.2, 0.25) is 0 Å². The number of aryl methyl sites for hydroxylation is 1. The van der Waals surface area contributed by atoms with Crippen molar-refractivity contribution in [2.24, 2.45) is 5.92 Å². The summed E-state index contributed by atoms with van der Waals surface area (Å²) in [6.45, 7) is 2.19. The van der Waals surface area contributed by atoms with E-state index < -0.39 is 0 Å². The van der Waals surface area contributed by atoms with Crippen LogP contribution in [0.5, 0.6) is 0 Å². The predicted octanol–water partition coefficient (Wildman–Crippen LogP) is 4.62. The third-order valence-corrected chi connectivity index (χ3v) is 4.33. The molecule has 1 heteroatoms. The van der Waals surface area contributed by atoms with Gasteiger partial charge in [0, 0.05) is 6.04 Å². The molecule has 0 aromatic heterocycles. The fourth-order valence-corrected chi connectivity index (χ4v) is 3.36. The maximum Gasteiger partial charge on any atom is 0.0346 e. The topological polar surface area (TPSA) is 12.0 Å². The molecule has 0 aliphatic heterocycles. The van der Waals surface area contributed by atoms with Gasteiger partial charge in [-0.05, 0) is 38.3 Å². The molecule has 1 saturated carbocycles. The van der Waals surface area contributed by atoms with Crippen molar-refractivity contribution in [3.05, 3.63) is 35.4 Å². The van der Waals surface area contributed by atoms with Gasteiger partial charge in [0.2, 0.25) is 0 Å². The van der Waals surface area contributed by atoms with Gasteiger partial charge in [0.05, 0.1) is 0 Å². The van der Waals surface area contributed by atoms with Gasteiger partial charge in [0.15, 0.2) is 0 Å². The van der Waals surface area contributed by atoms with E-state index in [-0.39, 0.29) is 0 Å². The summed E-state index contributed by atoms with van der Waals surface area (Å²) >= 11 is 0. The highest BCUT2D eigenvalue weighted by atomic mass is 14.9. The third-order valence-electron chi connectivity index (χ3n) is 4.33. The monoisotopic (exact) mass is 245 g/mol. The number of rotatable bonds is 3. The first-order valence-corrected chi connectivity index (χ1v) is 7.55. The molecule has 100 valence electrons. The molecule has 0 spiro atoms. The fourth-order valence-electron chi connectivity index (χ4n) is 3.36. The fraction of sp³-hybridized carbons (Fsp3) is 0.647. The zero-order valence-electron chi connectivity index (χ0n) is 11.9. The highest BCUT2D eigenvalue weighted by Gasteiger charge is 2.22. The summed E-state index contributed by atoms with van der Waals surface area (Å²) in [7, 11) is 2.12. The Labute approximate surface area is 112 Å².